The maximum absolute atomic E-state index is 11.6. The Bertz CT molecular complexity index is 333. The van der Waals surface area contributed by atoms with Crippen LogP contribution in [0.4, 0.5) is 0 Å². The predicted molar refractivity (Wildman–Crippen MR) is 57.8 cm³/mol. The summed E-state index contributed by atoms with van der Waals surface area (Å²) in [5.74, 6) is 1.02. The molecule has 82 valence electrons. The molecule has 1 aliphatic rings. The van der Waals surface area contributed by atoms with Crippen LogP contribution in [0.3, 0.4) is 0 Å². The Balaban J connectivity index is 2.08. The van der Waals surface area contributed by atoms with Gasteiger partial charge in [-0.25, -0.2) is 4.98 Å². The molecule has 0 radical (unpaired) electrons. The minimum atomic E-state index is -0.0428. The van der Waals surface area contributed by atoms with Crippen molar-refractivity contribution in [2.45, 2.75) is 39.2 Å². The van der Waals surface area contributed by atoms with E-state index in [9.17, 15) is 4.79 Å². The molecule has 4 heteroatoms. The first kappa shape index (κ1) is 10.2. The molecule has 0 aromatic carbocycles. The molecule has 2 rings (SSSR count). The first-order valence-corrected chi connectivity index (χ1v) is 5.65. The SMILES string of the molecule is CCCNC(=O)c1cn2c(n1)CCCC2. The monoisotopic (exact) mass is 207 g/mol. The molecule has 0 saturated carbocycles. The van der Waals surface area contributed by atoms with Crippen molar-refractivity contribution in [3.63, 3.8) is 0 Å². The molecule has 0 aliphatic carbocycles. The average Bonchev–Trinajstić information content (AvgIpc) is 2.69. The second-order valence-electron chi connectivity index (χ2n) is 3.95. The lowest BCUT2D eigenvalue weighted by molar-refractivity contribution is 0.0949. The van der Waals surface area contributed by atoms with Crippen LogP contribution in [-0.4, -0.2) is 22.0 Å². The number of nitrogens with zero attached hydrogens (tertiary/aromatic N) is 2. The molecular weight excluding hydrogens is 190 g/mol. The maximum Gasteiger partial charge on any atom is 0.271 e. The van der Waals surface area contributed by atoms with Crippen molar-refractivity contribution >= 4 is 5.91 Å². The number of aryl methyl sites for hydroxylation is 2. The highest BCUT2D eigenvalue weighted by Gasteiger charge is 2.15. The van der Waals surface area contributed by atoms with Gasteiger partial charge >= 0.3 is 0 Å². The summed E-state index contributed by atoms with van der Waals surface area (Å²) in [5, 5.41) is 2.84. The molecular formula is C11H17N3O. The van der Waals surface area contributed by atoms with Crippen LogP contribution < -0.4 is 5.32 Å². The Hall–Kier alpha value is -1.32. The van der Waals surface area contributed by atoms with Crippen molar-refractivity contribution in [1.29, 1.82) is 0 Å². The van der Waals surface area contributed by atoms with Gasteiger partial charge in [-0.2, -0.15) is 0 Å². The minimum absolute atomic E-state index is 0.0428. The highest BCUT2D eigenvalue weighted by molar-refractivity contribution is 5.92. The van der Waals surface area contributed by atoms with Crippen LogP contribution in [-0.2, 0) is 13.0 Å². The zero-order valence-corrected chi connectivity index (χ0v) is 9.12. The van der Waals surface area contributed by atoms with E-state index in [1.165, 1.54) is 12.8 Å². The lowest BCUT2D eigenvalue weighted by Gasteiger charge is -2.11. The molecule has 15 heavy (non-hydrogen) atoms. The summed E-state index contributed by atoms with van der Waals surface area (Å²) in [6.45, 7) is 3.77. The minimum Gasteiger partial charge on any atom is -0.351 e. The second kappa shape index (κ2) is 4.47. The molecule has 1 N–H and O–H groups in total. The zero-order valence-electron chi connectivity index (χ0n) is 9.12. The van der Waals surface area contributed by atoms with Crippen LogP contribution in [0.25, 0.3) is 0 Å². The van der Waals surface area contributed by atoms with E-state index in [1.54, 1.807) is 0 Å². The largest absolute Gasteiger partial charge is 0.351 e. The van der Waals surface area contributed by atoms with Gasteiger partial charge in [-0.05, 0) is 19.3 Å². The molecule has 1 aliphatic heterocycles. The van der Waals surface area contributed by atoms with Crippen molar-refractivity contribution in [3.8, 4) is 0 Å². The summed E-state index contributed by atoms with van der Waals surface area (Å²) < 4.78 is 2.10. The van der Waals surface area contributed by atoms with Crippen LogP contribution in [0, 0.1) is 0 Å². The molecule has 1 aromatic rings. The average molecular weight is 207 g/mol. The van der Waals surface area contributed by atoms with Gasteiger partial charge in [-0.1, -0.05) is 6.92 Å². The fourth-order valence-electron chi connectivity index (χ4n) is 1.85. The van der Waals surface area contributed by atoms with E-state index < -0.39 is 0 Å². The summed E-state index contributed by atoms with van der Waals surface area (Å²) in [6.07, 6.45) is 6.21. The van der Waals surface area contributed by atoms with Gasteiger partial charge in [0.1, 0.15) is 11.5 Å². The van der Waals surface area contributed by atoms with Crippen LogP contribution in [0.5, 0.6) is 0 Å². The number of rotatable bonds is 3. The van der Waals surface area contributed by atoms with Crippen LogP contribution >= 0.6 is 0 Å². The van der Waals surface area contributed by atoms with Gasteiger partial charge in [0.25, 0.3) is 5.91 Å². The fourth-order valence-corrected chi connectivity index (χ4v) is 1.85. The van der Waals surface area contributed by atoms with Gasteiger partial charge in [0.15, 0.2) is 0 Å². The van der Waals surface area contributed by atoms with Gasteiger partial charge in [0.2, 0.25) is 0 Å². The van der Waals surface area contributed by atoms with Crippen molar-refractivity contribution in [3.05, 3.63) is 17.7 Å². The standard InChI is InChI=1S/C11H17N3O/c1-2-6-12-11(15)9-8-14-7-4-3-5-10(14)13-9/h8H,2-7H2,1H3,(H,12,15). The Labute approximate surface area is 89.7 Å². The summed E-state index contributed by atoms with van der Waals surface area (Å²) in [4.78, 5) is 16.0. The molecule has 4 nitrogen and oxygen atoms in total. The summed E-state index contributed by atoms with van der Waals surface area (Å²) >= 11 is 0. The van der Waals surface area contributed by atoms with E-state index in [2.05, 4.69) is 14.9 Å². The van der Waals surface area contributed by atoms with E-state index in [4.69, 9.17) is 0 Å². The van der Waals surface area contributed by atoms with E-state index >= 15 is 0 Å². The zero-order chi connectivity index (χ0) is 10.7. The van der Waals surface area contributed by atoms with Gasteiger partial charge in [-0.3, -0.25) is 4.79 Å². The highest BCUT2D eigenvalue weighted by atomic mass is 16.1. The molecule has 0 atom stereocenters. The summed E-state index contributed by atoms with van der Waals surface area (Å²) in [5.41, 5.74) is 0.570. The van der Waals surface area contributed by atoms with Gasteiger partial charge in [0, 0.05) is 25.7 Å². The number of carbonyl (C=O) groups excluding carboxylic acids is 1. The number of hydrogen-bond donors (Lipinski definition) is 1. The second-order valence-corrected chi connectivity index (χ2v) is 3.95. The topological polar surface area (TPSA) is 46.9 Å². The Kier molecular flexibility index (Phi) is 3.04. The highest BCUT2D eigenvalue weighted by Crippen LogP contribution is 2.14. The Morgan fingerprint density at radius 3 is 3.20 bits per heavy atom. The normalized spacial score (nSPS) is 14.7. The van der Waals surface area contributed by atoms with Crippen LogP contribution in [0.2, 0.25) is 0 Å². The molecule has 0 saturated heterocycles. The number of nitrogens with one attached hydrogen (secondary N) is 1. The third kappa shape index (κ3) is 2.19. The van der Waals surface area contributed by atoms with Gasteiger partial charge < -0.3 is 9.88 Å². The molecule has 1 aromatic heterocycles. The van der Waals surface area contributed by atoms with Crippen molar-refractivity contribution in [2.24, 2.45) is 0 Å². The third-order valence-corrected chi connectivity index (χ3v) is 2.68. The smallest absolute Gasteiger partial charge is 0.271 e. The fraction of sp³-hybridized carbons (Fsp3) is 0.636. The molecule has 0 fully saturated rings. The third-order valence-electron chi connectivity index (χ3n) is 2.68. The van der Waals surface area contributed by atoms with Crippen molar-refractivity contribution in [2.75, 3.05) is 6.54 Å². The summed E-state index contributed by atoms with van der Waals surface area (Å²) in [6, 6.07) is 0. The first-order valence-electron chi connectivity index (χ1n) is 5.65. The van der Waals surface area contributed by atoms with Crippen LogP contribution in [0.15, 0.2) is 6.20 Å². The number of carbonyl (C=O) groups is 1. The molecule has 1 amide bonds. The lowest BCUT2D eigenvalue weighted by Crippen LogP contribution is -2.24. The molecule has 0 bridgehead atoms. The summed E-state index contributed by atoms with van der Waals surface area (Å²) in [7, 11) is 0. The number of amides is 1. The molecule has 0 unspecified atom stereocenters. The maximum atomic E-state index is 11.6. The van der Waals surface area contributed by atoms with E-state index in [1.807, 2.05) is 13.1 Å². The van der Waals surface area contributed by atoms with E-state index in [0.717, 1.165) is 31.8 Å². The number of fused-ring (bicyclic) bond motifs is 1. The predicted octanol–water partition coefficient (Wildman–Crippen LogP) is 1.36. The van der Waals surface area contributed by atoms with E-state index in [0.29, 0.717) is 5.69 Å². The van der Waals surface area contributed by atoms with Gasteiger partial charge in [-0.15, -0.1) is 0 Å². The number of hydrogen-bond acceptors (Lipinski definition) is 2. The van der Waals surface area contributed by atoms with Gasteiger partial charge in [0.05, 0.1) is 0 Å². The number of imidazole rings is 1. The Morgan fingerprint density at radius 1 is 1.60 bits per heavy atom. The van der Waals surface area contributed by atoms with Crippen molar-refractivity contribution < 1.29 is 4.79 Å². The van der Waals surface area contributed by atoms with Crippen molar-refractivity contribution in [1.82, 2.24) is 14.9 Å². The first-order chi connectivity index (χ1) is 7.31. The molecule has 2 heterocycles. The van der Waals surface area contributed by atoms with Crippen LogP contribution in [0.1, 0.15) is 42.5 Å². The molecule has 0 spiro atoms. The quantitative estimate of drug-likeness (QED) is 0.813. The van der Waals surface area contributed by atoms with E-state index in [-0.39, 0.29) is 5.91 Å². The lowest BCUT2D eigenvalue weighted by atomic mass is 10.2. The number of aromatic nitrogens is 2. The Morgan fingerprint density at radius 2 is 2.47 bits per heavy atom.